The largest absolute Gasteiger partial charge is 0.378 e. The molecule has 0 spiro atoms. The van der Waals surface area contributed by atoms with Gasteiger partial charge in [-0.15, -0.1) is 0 Å². The van der Waals surface area contributed by atoms with Gasteiger partial charge >= 0.3 is 0 Å². The summed E-state index contributed by atoms with van der Waals surface area (Å²) in [6.45, 7) is 10.4. The number of hydrogen-bond acceptors (Lipinski definition) is 5. The summed E-state index contributed by atoms with van der Waals surface area (Å²) >= 11 is 0. The molecule has 0 saturated carbocycles. The second-order valence-electron chi connectivity index (χ2n) is 7.71. The molecule has 1 saturated heterocycles. The quantitative estimate of drug-likeness (QED) is 0.873. The molecule has 23 heavy (non-hydrogen) atoms. The lowest BCUT2D eigenvalue weighted by molar-refractivity contribution is 0.181. The molecular weight excluding hydrogens is 288 g/mol. The molecule has 1 aliphatic heterocycles. The van der Waals surface area contributed by atoms with Crippen LogP contribution in [-0.4, -0.2) is 48.7 Å². The van der Waals surface area contributed by atoms with Gasteiger partial charge in [0, 0.05) is 25.1 Å². The van der Waals surface area contributed by atoms with Crippen molar-refractivity contribution in [1.29, 1.82) is 0 Å². The molecule has 0 aliphatic carbocycles. The van der Waals surface area contributed by atoms with Gasteiger partial charge in [-0.3, -0.25) is 0 Å². The highest BCUT2D eigenvalue weighted by Crippen LogP contribution is 2.22. The predicted octanol–water partition coefficient (Wildman–Crippen LogP) is 3.06. The van der Waals surface area contributed by atoms with Crippen molar-refractivity contribution in [1.82, 2.24) is 14.9 Å². The molecule has 1 aliphatic rings. The molecule has 2 rings (SSSR count). The van der Waals surface area contributed by atoms with Crippen LogP contribution in [0.1, 0.15) is 51.6 Å². The van der Waals surface area contributed by atoms with Gasteiger partial charge in [-0.05, 0) is 45.3 Å². The lowest BCUT2D eigenvalue weighted by Crippen LogP contribution is -2.31. The minimum atomic E-state index is -0.0614. The maximum Gasteiger partial charge on any atom is 0.136 e. The SMILES string of the molecule is COCc1cc(NCCC2CCN(C)CC2)nc(C(C)(C)C)n1. The Morgan fingerprint density at radius 3 is 2.57 bits per heavy atom. The van der Waals surface area contributed by atoms with Crippen LogP contribution in [0.15, 0.2) is 6.07 Å². The first-order valence-electron chi connectivity index (χ1n) is 8.68. The Balaban J connectivity index is 1.94. The van der Waals surface area contributed by atoms with Crippen LogP contribution < -0.4 is 5.32 Å². The van der Waals surface area contributed by atoms with Crippen LogP contribution in [0.2, 0.25) is 0 Å². The first kappa shape index (κ1) is 18.1. The summed E-state index contributed by atoms with van der Waals surface area (Å²) in [7, 11) is 3.91. The van der Waals surface area contributed by atoms with Gasteiger partial charge in [0.25, 0.3) is 0 Å². The van der Waals surface area contributed by atoms with Crippen molar-refractivity contribution >= 4 is 5.82 Å². The summed E-state index contributed by atoms with van der Waals surface area (Å²) in [4.78, 5) is 11.7. The van der Waals surface area contributed by atoms with E-state index < -0.39 is 0 Å². The molecule has 130 valence electrons. The number of rotatable bonds is 6. The van der Waals surface area contributed by atoms with Crippen molar-refractivity contribution in [3.63, 3.8) is 0 Å². The molecule has 0 unspecified atom stereocenters. The van der Waals surface area contributed by atoms with Crippen molar-refractivity contribution in [2.45, 2.75) is 52.1 Å². The highest BCUT2D eigenvalue weighted by atomic mass is 16.5. The Labute approximate surface area is 140 Å². The number of likely N-dealkylation sites (tertiary alicyclic amines) is 1. The highest BCUT2D eigenvalue weighted by molar-refractivity contribution is 5.36. The van der Waals surface area contributed by atoms with E-state index in [1.54, 1.807) is 7.11 Å². The number of anilines is 1. The molecule has 0 radical (unpaired) electrons. The topological polar surface area (TPSA) is 50.3 Å². The first-order chi connectivity index (χ1) is 10.9. The van der Waals surface area contributed by atoms with E-state index in [-0.39, 0.29) is 5.41 Å². The van der Waals surface area contributed by atoms with Crippen LogP contribution in [0.3, 0.4) is 0 Å². The molecule has 5 heteroatoms. The van der Waals surface area contributed by atoms with Gasteiger partial charge in [0.15, 0.2) is 0 Å². The summed E-state index contributed by atoms with van der Waals surface area (Å²) in [6.07, 6.45) is 3.83. The Bertz CT molecular complexity index is 490. The molecule has 0 bridgehead atoms. The van der Waals surface area contributed by atoms with Gasteiger partial charge in [0.2, 0.25) is 0 Å². The predicted molar refractivity (Wildman–Crippen MR) is 94.8 cm³/mol. The maximum atomic E-state index is 5.24. The van der Waals surface area contributed by atoms with Crippen LogP contribution in [0, 0.1) is 5.92 Å². The minimum absolute atomic E-state index is 0.0614. The summed E-state index contributed by atoms with van der Waals surface area (Å²) in [5.41, 5.74) is 0.878. The number of methoxy groups -OCH3 is 1. The van der Waals surface area contributed by atoms with Crippen LogP contribution in [0.5, 0.6) is 0 Å². The van der Waals surface area contributed by atoms with Crippen LogP contribution in [0.4, 0.5) is 5.82 Å². The highest BCUT2D eigenvalue weighted by Gasteiger charge is 2.20. The second-order valence-corrected chi connectivity index (χ2v) is 7.71. The Morgan fingerprint density at radius 1 is 1.26 bits per heavy atom. The summed E-state index contributed by atoms with van der Waals surface area (Å²) < 4.78 is 5.24. The van der Waals surface area contributed by atoms with E-state index in [0.717, 1.165) is 29.8 Å². The zero-order chi connectivity index (χ0) is 16.9. The van der Waals surface area contributed by atoms with Crippen molar-refractivity contribution in [2.75, 3.05) is 39.1 Å². The van der Waals surface area contributed by atoms with E-state index in [1.165, 1.54) is 32.4 Å². The molecule has 1 fully saturated rings. The average molecular weight is 320 g/mol. The van der Waals surface area contributed by atoms with Crippen LogP contribution in [0.25, 0.3) is 0 Å². The lowest BCUT2D eigenvalue weighted by Gasteiger charge is -2.29. The first-order valence-corrected chi connectivity index (χ1v) is 8.68. The van der Waals surface area contributed by atoms with Crippen LogP contribution >= 0.6 is 0 Å². The van der Waals surface area contributed by atoms with Crippen molar-refractivity contribution < 1.29 is 4.74 Å². The Kier molecular flexibility index (Phi) is 6.36. The van der Waals surface area contributed by atoms with Gasteiger partial charge in [-0.2, -0.15) is 0 Å². The number of hydrogen-bond donors (Lipinski definition) is 1. The summed E-state index contributed by atoms with van der Waals surface area (Å²) in [5.74, 6) is 2.62. The number of ether oxygens (including phenoxy) is 1. The Morgan fingerprint density at radius 2 is 1.96 bits per heavy atom. The number of piperidine rings is 1. The van der Waals surface area contributed by atoms with E-state index >= 15 is 0 Å². The van der Waals surface area contributed by atoms with E-state index in [0.29, 0.717) is 6.61 Å². The molecule has 0 atom stereocenters. The van der Waals surface area contributed by atoms with E-state index in [1.807, 2.05) is 6.07 Å². The number of nitrogens with zero attached hydrogens (tertiary/aromatic N) is 3. The van der Waals surface area contributed by atoms with Crippen molar-refractivity contribution in [3.05, 3.63) is 17.6 Å². The minimum Gasteiger partial charge on any atom is -0.378 e. The van der Waals surface area contributed by atoms with Crippen molar-refractivity contribution in [3.8, 4) is 0 Å². The molecule has 2 heterocycles. The average Bonchev–Trinajstić information content (AvgIpc) is 2.49. The fourth-order valence-corrected chi connectivity index (χ4v) is 2.90. The molecule has 1 aromatic rings. The molecule has 5 nitrogen and oxygen atoms in total. The van der Waals surface area contributed by atoms with Gasteiger partial charge < -0.3 is 15.0 Å². The summed E-state index contributed by atoms with van der Waals surface area (Å²) in [6, 6.07) is 2.01. The third kappa shape index (κ3) is 5.74. The standard InChI is InChI=1S/C18H32N4O/c1-18(2,3)17-20-15(13-23-5)12-16(21-17)19-9-6-14-7-10-22(4)11-8-14/h12,14H,6-11,13H2,1-5H3,(H,19,20,21). The van der Waals surface area contributed by atoms with Gasteiger partial charge in [-0.25, -0.2) is 9.97 Å². The number of nitrogens with one attached hydrogen (secondary N) is 1. The van der Waals surface area contributed by atoms with Gasteiger partial charge in [-0.1, -0.05) is 20.8 Å². The zero-order valence-electron chi connectivity index (χ0n) is 15.4. The van der Waals surface area contributed by atoms with Gasteiger partial charge in [0.1, 0.15) is 11.6 Å². The number of aromatic nitrogens is 2. The fourth-order valence-electron chi connectivity index (χ4n) is 2.90. The molecule has 0 aromatic carbocycles. The summed E-state index contributed by atoms with van der Waals surface area (Å²) in [5, 5.41) is 3.49. The monoisotopic (exact) mass is 320 g/mol. The molecule has 1 N–H and O–H groups in total. The Hall–Kier alpha value is -1.20. The molecular formula is C18H32N4O. The fraction of sp³-hybridized carbons (Fsp3) is 0.778. The zero-order valence-corrected chi connectivity index (χ0v) is 15.4. The second kappa shape index (κ2) is 8.06. The van der Waals surface area contributed by atoms with Crippen LogP contribution in [-0.2, 0) is 16.8 Å². The van der Waals surface area contributed by atoms with E-state index in [9.17, 15) is 0 Å². The molecule has 0 amide bonds. The van der Waals surface area contributed by atoms with E-state index in [2.05, 4.69) is 43.0 Å². The third-order valence-electron chi connectivity index (χ3n) is 4.44. The normalized spacial score (nSPS) is 17.4. The maximum absolute atomic E-state index is 5.24. The third-order valence-corrected chi connectivity index (χ3v) is 4.44. The van der Waals surface area contributed by atoms with E-state index in [4.69, 9.17) is 9.72 Å². The smallest absolute Gasteiger partial charge is 0.136 e. The van der Waals surface area contributed by atoms with Crippen molar-refractivity contribution in [2.24, 2.45) is 5.92 Å². The molecule has 1 aromatic heterocycles. The van der Waals surface area contributed by atoms with Gasteiger partial charge in [0.05, 0.1) is 12.3 Å². The lowest BCUT2D eigenvalue weighted by atomic mass is 9.94.